The van der Waals surface area contributed by atoms with Gasteiger partial charge in [0.25, 0.3) is 10.2 Å². The smallest absolute Gasteiger partial charge is 0.281 e. The zero-order chi connectivity index (χ0) is 15.6. The third-order valence-electron chi connectivity index (χ3n) is 3.77. The molecule has 1 aromatic carbocycles. The number of nitrogens with zero attached hydrogens (tertiary/aromatic N) is 2. The monoisotopic (exact) mass is 311 g/mol. The average Bonchev–Trinajstić information content (AvgIpc) is 2.88. The topological polar surface area (TPSA) is 83.7 Å². The number of rotatable bonds is 5. The van der Waals surface area contributed by atoms with Gasteiger partial charge in [-0.1, -0.05) is 12.1 Å². The first-order valence-corrected chi connectivity index (χ1v) is 8.26. The molecular weight excluding hydrogens is 290 g/mol. The van der Waals surface area contributed by atoms with Crippen molar-refractivity contribution >= 4 is 16.1 Å². The third-order valence-corrected chi connectivity index (χ3v) is 5.68. The van der Waals surface area contributed by atoms with Crippen molar-refractivity contribution in [3.8, 4) is 0 Å². The van der Waals surface area contributed by atoms with E-state index in [1.165, 1.54) is 8.61 Å². The summed E-state index contributed by atoms with van der Waals surface area (Å²) < 4.78 is 26.9. The SMILES string of the molecule is CN(C)S(=O)(=O)N1CCC(Cc2cccc(C(N)=O)c2)C1. The number of hydrogen-bond acceptors (Lipinski definition) is 3. The first-order chi connectivity index (χ1) is 9.80. The Balaban J connectivity index is 2.03. The molecule has 0 aromatic heterocycles. The second kappa shape index (κ2) is 6.13. The Morgan fingerprint density at radius 1 is 1.43 bits per heavy atom. The van der Waals surface area contributed by atoms with Crippen LogP contribution < -0.4 is 5.73 Å². The minimum Gasteiger partial charge on any atom is -0.366 e. The molecule has 1 unspecified atom stereocenters. The second-order valence-corrected chi connectivity index (χ2v) is 7.71. The fourth-order valence-corrected chi connectivity index (χ4v) is 3.79. The van der Waals surface area contributed by atoms with Crippen molar-refractivity contribution < 1.29 is 13.2 Å². The van der Waals surface area contributed by atoms with Crippen molar-refractivity contribution in [1.29, 1.82) is 0 Å². The van der Waals surface area contributed by atoms with Crippen LogP contribution in [0.15, 0.2) is 24.3 Å². The second-order valence-electron chi connectivity index (χ2n) is 5.57. The molecule has 21 heavy (non-hydrogen) atoms. The van der Waals surface area contributed by atoms with Gasteiger partial charge in [-0.15, -0.1) is 0 Å². The van der Waals surface area contributed by atoms with E-state index in [1.54, 1.807) is 32.3 Å². The van der Waals surface area contributed by atoms with Crippen molar-refractivity contribution in [3.05, 3.63) is 35.4 Å². The molecule has 0 bridgehead atoms. The van der Waals surface area contributed by atoms with Crippen molar-refractivity contribution in [2.24, 2.45) is 11.7 Å². The summed E-state index contributed by atoms with van der Waals surface area (Å²) in [5, 5.41) is 0. The van der Waals surface area contributed by atoms with Crippen LogP contribution in [0.3, 0.4) is 0 Å². The van der Waals surface area contributed by atoms with Crippen LogP contribution in [0.2, 0.25) is 0 Å². The maximum Gasteiger partial charge on any atom is 0.281 e. The Hall–Kier alpha value is -1.44. The van der Waals surface area contributed by atoms with Gasteiger partial charge in [0.1, 0.15) is 0 Å². The van der Waals surface area contributed by atoms with Gasteiger partial charge in [-0.3, -0.25) is 4.79 Å². The molecule has 1 fully saturated rings. The number of benzene rings is 1. The van der Waals surface area contributed by atoms with Crippen molar-refractivity contribution in [2.45, 2.75) is 12.8 Å². The number of carbonyl (C=O) groups excluding carboxylic acids is 1. The molecule has 1 aliphatic rings. The maximum absolute atomic E-state index is 12.1. The quantitative estimate of drug-likeness (QED) is 0.857. The summed E-state index contributed by atoms with van der Waals surface area (Å²) in [6.07, 6.45) is 1.58. The Morgan fingerprint density at radius 3 is 2.76 bits per heavy atom. The first kappa shape index (κ1) is 15.9. The van der Waals surface area contributed by atoms with E-state index in [9.17, 15) is 13.2 Å². The highest BCUT2D eigenvalue weighted by Crippen LogP contribution is 2.24. The maximum atomic E-state index is 12.1. The molecule has 1 aliphatic heterocycles. The predicted octanol–water partition coefficient (Wildman–Crippen LogP) is 0.456. The molecule has 1 heterocycles. The minimum atomic E-state index is -3.33. The summed E-state index contributed by atoms with van der Waals surface area (Å²) in [5.74, 6) is -0.178. The van der Waals surface area contributed by atoms with Crippen LogP contribution in [0.25, 0.3) is 0 Å². The van der Waals surface area contributed by atoms with Gasteiger partial charge >= 0.3 is 0 Å². The number of primary amides is 1. The molecule has 6 nitrogen and oxygen atoms in total. The van der Waals surface area contributed by atoms with E-state index in [2.05, 4.69) is 0 Å². The molecule has 0 radical (unpaired) electrons. The highest BCUT2D eigenvalue weighted by Gasteiger charge is 2.32. The van der Waals surface area contributed by atoms with Gasteiger partial charge in [0, 0.05) is 32.7 Å². The van der Waals surface area contributed by atoms with Crippen molar-refractivity contribution in [3.63, 3.8) is 0 Å². The van der Waals surface area contributed by atoms with E-state index in [4.69, 9.17) is 5.73 Å². The summed E-state index contributed by atoms with van der Waals surface area (Å²) in [7, 11) is -0.250. The largest absolute Gasteiger partial charge is 0.366 e. The number of carbonyl (C=O) groups is 1. The fourth-order valence-electron chi connectivity index (χ4n) is 2.59. The first-order valence-electron chi connectivity index (χ1n) is 6.87. The van der Waals surface area contributed by atoms with E-state index in [1.807, 2.05) is 6.07 Å². The Bertz CT molecular complexity index is 628. The molecule has 0 saturated carbocycles. The van der Waals surface area contributed by atoms with Crippen molar-refractivity contribution in [2.75, 3.05) is 27.2 Å². The van der Waals surface area contributed by atoms with Gasteiger partial charge in [0.15, 0.2) is 0 Å². The molecule has 2 N–H and O–H groups in total. The lowest BCUT2D eigenvalue weighted by atomic mass is 9.97. The molecular formula is C14H21N3O3S. The molecule has 1 saturated heterocycles. The van der Waals surface area contributed by atoms with Crippen LogP contribution in [0.5, 0.6) is 0 Å². The summed E-state index contributed by atoms with van der Waals surface area (Å²) >= 11 is 0. The molecule has 1 atom stereocenters. The van der Waals surface area contributed by atoms with Crippen LogP contribution in [-0.4, -0.2) is 50.1 Å². The molecule has 116 valence electrons. The van der Waals surface area contributed by atoms with Gasteiger partial charge in [0.05, 0.1) is 0 Å². The fraction of sp³-hybridized carbons (Fsp3) is 0.500. The highest BCUT2D eigenvalue weighted by atomic mass is 32.2. The molecule has 2 rings (SSSR count). The Kier molecular flexibility index (Phi) is 4.65. The normalized spacial score (nSPS) is 20.0. The van der Waals surface area contributed by atoms with E-state index in [-0.39, 0.29) is 5.92 Å². The van der Waals surface area contributed by atoms with Crippen LogP contribution in [-0.2, 0) is 16.6 Å². The summed E-state index contributed by atoms with van der Waals surface area (Å²) in [6, 6.07) is 7.21. The van der Waals surface area contributed by atoms with Gasteiger partial charge in [-0.25, -0.2) is 0 Å². The van der Waals surface area contributed by atoms with Gasteiger partial charge in [-0.05, 0) is 36.5 Å². The van der Waals surface area contributed by atoms with E-state index >= 15 is 0 Å². The number of amides is 1. The van der Waals surface area contributed by atoms with Gasteiger partial charge < -0.3 is 5.73 Å². The van der Waals surface area contributed by atoms with Crippen LogP contribution >= 0.6 is 0 Å². The standard InChI is InChI=1S/C14H21N3O3S/c1-16(2)21(19,20)17-7-6-12(10-17)8-11-4-3-5-13(9-11)14(15)18/h3-5,9,12H,6-8,10H2,1-2H3,(H2,15,18). The van der Waals surface area contributed by atoms with Crippen LogP contribution in [0.4, 0.5) is 0 Å². The zero-order valence-electron chi connectivity index (χ0n) is 12.3. The molecule has 7 heteroatoms. The van der Waals surface area contributed by atoms with E-state index in [0.717, 1.165) is 18.4 Å². The zero-order valence-corrected chi connectivity index (χ0v) is 13.1. The van der Waals surface area contributed by atoms with Crippen LogP contribution in [0.1, 0.15) is 22.3 Å². The number of nitrogens with two attached hydrogens (primary N) is 1. The third kappa shape index (κ3) is 3.61. The molecule has 1 amide bonds. The Morgan fingerprint density at radius 2 is 2.14 bits per heavy atom. The lowest BCUT2D eigenvalue weighted by Crippen LogP contribution is -2.38. The van der Waals surface area contributed by atoms with Crippen LogP contribution in [0, 0.1) is 5.92 Å². The minimum absolute atomic E-state index is 0.267. The highest BCUT2D eigenvalue weighted by molar-refractivity contribution is 7.86. The van der Waals surface area contributed by atoms with Gasteiger partial charge in [0.2, 0.25) is 5.91 Å². The molecule has 0 aliphatic carbocycles. The predicted molar refractivity (Wildman–Crippen MR) is 81.0 cm³/mol. The van der Waals surface area contributed by atoms with E-state index in [0.29, 0.717) is 18.7 Å². The summed E-state index contributed by atoms with van der Waals surface area (Å²) in [5.41, 5.74) is 6.77. The van der Waals surface area contributed by atoms with E-state index < -0.39 is 16.1 Å². The average molecular weight is 311 g/mol. The number of hydrogen-bond donors (Lipinski definition) is 1. The summed E-state index contributed by atoms with van der Waals surface area (Å²) in [6.45, 7) is 1.06. The lowest BCUT2D eigenvalue weighted by Gasteiger charge is -2.20. The molecule has 0 spiro atoms. The van der Waals surface area contributed by atoms with Gasteiger partial charge in [-0.2, -0.15) is 17.0 Å². The van der Waals surface area contributed by atoms with Crippen molar-refractivity contribution in [1.82, 2.24) is 8.61 Å². The summed E-state index contributed by atoms with van der Waals surface area (Å²) in [4.78, 5) is 11.2. The Labute approximate surface area is 125 Å². The molecule has 1 aromatic rings. The lowest BCUT2D eigenvalue weighted by molar-refractivity contribution is 0.1000.